The summed E-state index contributed by atoms with van der Waals surface area (Å²) in [4.78, 5) is 40.8. The van der Waals surface area contributed by atoms with Gasteiger partial charge >= 0.3 is 0 Å². The lowest BCUT2D eigenvalue weighted by atomic mass is 9.83. The predicted octanol–water partition coefficient (Wildman–Crippen LogP) is 1.77. The third-order valence-corrected chi connectivity index (χ3v) is 6.15. The van der Waals surface area contributed by atoms with E-state index in [0.29, 0.717) is 30.8 Å². The zero-order valence-corrected chi connectivity index (χ0v) is 17.4. The zero-order valence-electron chi connectivity index (χ0n) is 17.4. The topological polar surface area (TPSA) is 91.6 Å². The first-order chi connectivity index (χ1) is 14.9. The second-order valence-electron chi connectivity index (χ2n) is 8.35. The molecule has 4 rings (SSSR count). The normalized spacial score (nSPS) is 16.9. The number of nitrogens with zero attached hydrogens (tertiary/aromatic N) is 2. The first kappa shape index (κ1) is 21.2. The van der Waals surface area contributed by atoms with Crippen molar-refractivity contribution in [3.8, 4) is 5.69 Å². The van der Waals surface area contributed by atoms with E-state index < -0.39 is 23.3 Å². The molecular weight excluding hydrogens is 401 g/mol. The van der Waals surface area contributed by atoms with Crippen LogP contribution >= 0.6 is 0 Å². The standard InChI is InChI=1S/C23H26FN3O4/c1-14(13-28)25-21(29)20-19-9-10-26(22(30)15-3-2-4-15)11-16(19)12-27(23(20)31)18-7-5-17(24)6-8-18/h5-8,12,14-15,28H,2-4,9-11,13H2,1H3,(H,25,29)/t14-/m0/s1. The summed E-state index contributed by atoms with van der Waals surface area (Å²) in [5.41, 5.74) is 1.29. The number of pyridine rings is 1. The Morgan fingerprint density at radius 1 is 1.26 bits per heavy atom. The SMILES string of the molecule is C[C@@H](CO)NC(=O)c1c2c(cn(-c3ccc(F)cc3)c1=O)CN(C(=O)C1CCC1)CC2. The number of fused-ring (bicyclic) bond motifs is 1. The Morgan fingerprint density at radius 2 is 1.97 bits per heavy atom. The fourth-order valence-corrected chi connectivity index (χ4v) is 4.13. The Balaban J connectivity index is 1.77. The number of hydrogen-bond acceptors (Lipinski definition) is 4. The van der Waals surface area contributed by atoms with Gasteiger partial charge in [0.25, 0.3) is 11.5 Å². The quantitative estimate of drug-likeness (QED) is 0.761. The highest BCUT2D eigenvalue weighted by Gasteiger charge is 2.33. The Morgan fingerprint density at radius 3 is 2.58 bits per heavy atom. The van der Waals surface area contributed by atoms with Crippen LogP contribution in [0.25, 0.3) is 5.69 Å². The number of aliphatic hydroxyl groups is 1. The van der Waals surface area contributed by atoms with Gasteiger partial charge < -0.3 is 15.3 Å². The van der Waals surface area contributed by atoms with Crippen molar-refractivity contribution >= 4 is 11.8 Å². The molecule has 1 fully saturated rings. The lowest BCUT2D eigenvalue weighted by Crippen LogP contribution is -2.45. The van der Waals surface area contributed by atoms with E-state index in [1.807, 2.05) is 0 Å². The summed E-state index contributed by atoms with van der Waals surface area (Å²) < 4.78 is 14.7. The molecule has 1 saturated carbocycles. The molecule has 31 heavy (non-hydrogen) atoms. The molecule has 0 saturated heterocycles. The minimum atomic E-state index is -0.557. The number of nitrogens with one attached hydrogen (secondary N) is 1. The molecule has 1 aromatic heterocycles. The molecule has 0 radical (unpaired) electrons. The fourth-order valence-electron chi connectivity index (χ4n) is 4.13. The molecule has 0 bridgehead atoms. The van der Waals surface area contributed by atoms with Crippen LogP contribution < -0.4 is 10.9 Å². The average Bonchev–Trinajstić information content (AvgIpc) is 2.72. The van der Waals surface area contributed by atoms with Crippen molar-refractivity contribution in [1.29, 1.82) is 0 Å². The highest BCUT2D eigenvalue weighted by molar-refractivity contribution is 5.96. The first-order valence-corrected chi connectivity index (χ1v) is 10.6. The maximum Gasteiger partial charge on any atom is 0.268 e. The van der Waals surface area contributed by atoms with Crippen molar-refractivity contribution in [2.75, 3.05) is 13.2 Å². The van der Waals surface area contributed by atoms with Gasteiger partial charge in [0.05, 0.1) is 6.61 Å². The molecule has 7 nitrogen and oxygen atoms in total. The molecule has 2 aliphatic rings. The second-order valence-corrected chi connectivity index (χ2v) is 8.35. The van der Waals surface area contributed by atoms with Gasteiger partial charge in [0.2, 0.25) is 5.91 Å². The lowest BCUT2D eigenvalue weighted by Gasteiger charge is -2.35. The van der Waals surface area contributed by atoms with Crippen LogP contribution in [0, 0.1) is 11.7 Å². The van der Waals surface area contributed by atoms with Crippen LogP contribution in [0.5, 0.6) is 0 Å². The maximum absolute atomic E-state index is 13.4. The van der Waals surface area contributed by atoms with Gasteiger partial charge in [-0.2, -0.15) is 0 Å². The molecule has 1 aliphatic carbocycles. The smallest absolute Gasteiger partial charge is 0.268 e. The number of halogens is 1. The van der Waals surface area contributed by atoms with E-state index in [1.165, 1.54) is 28.8 Å². The van der Waals surface area contributed by atoms with Crippen LogP contribution in [0.4, 0.5) is 4.39 Å². The van der Waals surface area contributed by atoms with Gasteiger partial charge in [-0.1, -0.05) is 6.42 Å². The van der Waals surface area contributed by atoms with E-state index >= 15 is 0 Å². The second kappa shape index (κ2) is 8.63. The minimum Gasteiger partial charge on any atom is -0.394 e. The van der Waals surface area contributed by atoms with Crippen LogP contribution in [-0.4, -0.2) is 45.6 Å². The van der Waals surface area contributed by atoms with E-state index in [4.69, 9.17) is 0 Å². The van der Waals surface area contributed by atoms with Crippen molar-refractivity contribution in [1.82, 2.24) is 14.8 Å². The van der Waals surface area contributed by atoms with Gasteiger partial charge in [-0.15, -0.1) is 0 Å². The first-order valence-electron chi connectivity index (χ1n) is 10.6. The summed E-state index contributed by atoms with van der Waals surface area (Å²) in [6.07, 6.45) is 4.94. The van der Waals surface area contributed by atoms with Crippen molar-refractivity contribution in [3.63, 3.8) is 0 Å². The van der Waals surface area contributed by atoms with Gasteiger partial charge in [-0.3, -0.25) is 19.0 Å². The number of aromatic nitrogens is 1. The molecule has 1 aromatic carbocycles. The molecule has 2 N–H and O–H groups in total. The highest BCUT2D eigenvalue weighted by atomic mass is 19.1. The predicted molar refractivity (Wildman–Crippen MR) is 112 cm³/mol. The monoisotopic (exact) mass is 427 g/mol. The number of rotatable bonds is 5. The summed E-state index contributed by atoms with van der Waals surface area (Å²) in [5.74, 6) is -0.797. The number of amides is 2. The van der Waals surface area contributed by atoms with Crippen LogP contribution in [0.1, 0.15) is 47.7 Å². The van der Waals surface area contributed by atoms with Crippen molar-refractivity contribution in [2.24, 2.45) is 5.92 Å². The number of carbonyl (C=O) groups excluding carboxylic acids is 2. The number of benzene rings is 1. The Labute approximate surface area is 179 Å². The largest absolute Gasteiger partial charge is 0.394 e. The third kappa shape index (κ3) is 4.12. The summed E-state index contributed by atoms with van der Waals surface area (Å²) in [7, 11) is 0. The fraction of sp³-hybridized carbons (Fsp3) is 0.435. The summed E-state index contributed by atoms with van der Waals surface area (Å²) in [6, 6.07) is 4.94. The molecule has 164 valence electrons. The van der Waals surface area contributed by atoms with E-state index in [-0.39, 0.29) is 24.0 Å². The Bertz CT molecular complexity index is 1060. The molecule has 0 spiro atoms. The highest BCUT2D eigenvalue weighted by Crippen LogP contribution is 2.31. The molecule has 8 heteroatoms. The van der Waals surface area contributed by atoms with Gasteiger partial charge in [-0.25, -0.2) is 4.39 Å². The summed E-state index contributed by atoms with van der Waals surface area (Å²) in [6.45, 7) is 2.17. The maximum atomic E-state index is 13.4. The minimum absolute atomic E-state index is 0.0119. The summed E-state index contributed by atoms with van der Waals surface area (Å²) >= 11 is 0. The van der Waals surface area contributed by atoms with Crippen LogP contribution in [0.3, 0.4) is 0 Å². The van der Waals surface area contributed by atoms with Crippen LogP contribution in [-0.2, 0) is 17.8 Å². The molecule has 2 aromatic rings. The summed E-state index contributed by atoms with van der Waals surface area (Å²) in [5, 5.41) is 11.9. The number of hydrogen-bond donors (Lipinski definition) is 2. The van der Waals surface area contributed by atoms with Gasteiger partial charge in [-0.05, 0) is 61.6 Å². The molecule has 2 heterocycles. The van der Waals surface area contributed by atoms with E-state index in [1.54, 1.807) is 18.0 Å². The number of aliphatic hydroxyl groups excluding tert-OH is 1. The van der Waals surface area contributed by atoms with E-state index in [0.717, 1.165) is 24.8 Å². The van der Waals surface area contributed by atoms with Gasteiger partial charge in [0.1, 0.15) is 11.4 Å². The van der Waals surface area contributed by atoms with E-state index in [9.17, 15) is 23.9 Å². The van der Waals surface area contributed by atoms with Crippen molar-refractivity contribution < 1.29 is 19.1 Å². The van der Waals surface area contributed by atoms with Crippen molar-refractivity contribution in [3.05, 3.63) is 63.3 Å². The Kier molecular flexibility index (Phi) is 5.91. The van der Waals surface area contributed by atoms with Crippen LogP contribution in [0.15, 0.2) is 35.3 Å². The third-order valence-electron chi connectivity index (χ3n) is 6.15. The van der Waals surface area contributed by atoms with Gasteiger partial charge in [0.15, 0.2) is 0 Å². The molecular formula is C23H26FN3O4. The van der Waals surface area contributed by atoms with Gasteiger partial charge in [0, 0.05) is 36.9 Å². The average molecular weight is 427 g/mol. The molecule has 2 amide bonds. The zero-order chi connectivity index (χ0) is 22.1. The van der Waals surface area contributed by atoms with E-state index in [2.05, 4.69) is 5.32 Å². The number of carbonyl (C=O) groups is 2. The molecule has 1 aliphatic heterocycles. The lowest BCUT2D eigenvalue weighted by molar-refractivity contribution is -0.139. The van der Waals surface area contributed by atoms with Crippen LogP contribution in [0.2, 0.25) is 0 Å². The van der Waals surface area contributed by atoms with Crippen molar-refractivity contribution in [2.45, 2.75) is 45.2 Å². The molecule has 1 atom stereocenters. The molecule has 0 unspecified atom stereocenters. The Hall–Kier alpha value is -3.00.